The quantitative estimate of drug-likeness (QED) is 0.764. The molecule has 0 saturated heterocycles. The summed E-state index contributed by atoms with van der Waals surface area (Å²) in [5, 5.41) is 5.57. The lowest BCUT2D eigenvalue weighted by atomic mass is 10.2. The molecule has 0 aliphatic carbocycles. The third-order valence-electron chi connectivity index (χ3n) is 3.30. The van der Waals surface area contributed by atoms with Gasteiger partial charge in [0, 0.05) is 5.69 Å². The Morgan fingerprint density at radius 3 is 2.58 bits per heavy atom. The first-order valence-corrected chi connectivity index (χ1v) is 7.33. The number of aryl methyl sites for hydroxylation is 1. The van der Waals surface area contributed by atoms with Crippen molar-refractivity contribution in [1.29, 1.82) is 0 Å². The molecule has 0 bridgehead atoms. The van der Waals surface area contributed by atoms with Gasteiger partial charge in [-0.15, -0.1) is 0 Å². The van der Waals surface area contributed by atoms with E-state index in [0.29, 0.717) is 5.82 Å². The Bertz CT molecular complexity index is 865. The molecule has 0 atom stereocenters. The van der Waals surface area contributed by atoms with Crippen LogP contribution in [0.25, 0.3) is 0 Å². The Morgan fingerprint density at radius 2 is 1.88 bits per heavy atom. The van der Waals surface area contributed by atoms with Crippen LogP contribution in [0.5, 0.6) is 0 Å². The minimum Gasteiger partial charge on any atom is -0.339 e. The van der Waals surface area contributed by atoms with E-state index < -0.39 is 11.7 Å². The molecule has 3 rings (SSSR count). The van der Waals surface area contributed by atoms with E-state index in [9.17, 15) is 9.18 Å². The van der Waals surface area contributed by atoms with Crippen LogP contribution in [0, 0.1) is 12.7 Å². The molecule has 0 aliphatic heterocycles. The molecule has 1 amide bonds. The number of hydrogen-bond acceptors (Lipinski definition) is 4. The maximum Gasteiger partial charge on any atom is 0.275 e. The largest absolute Gasteiger partial charge is 0.339 e. The monoisotopic (exact) mass is 322 g/mol. The van der Waals surface area contributed by atoms with Crippen LogP contribution < -0.4 is 10.6 Å². The molecular weight excluding hydrogens is 307 g/mol. The second-order valence-corrected chi connectivity index (χ2v) is 5.22. The Labute approximate surface area is 138 Å². The number of para-hydroxylation sites is 1. The van der Waals surface area contributed by atoms with Gasteiger partial charge in [0.05, 0.1) is 18.1 Å². The van der Waals surface area contributed by atoms with E-state index in [0.717, 1.165) is 11.3 Å². The van der Waals surface area contributed by atoms with Gasteiger partial charge in [-0.3, -0.25) is 4.79 Å². The number of anilines is 3. The molecule has 0 saturated carbocycles. The molecule has 6 heteroatoms. The predicted octanol–water partition coefficient (Wildman–Crippen LogP) is 3.92. The third kappa shape index (κ3) is 3.73. The Kier molecular flexibility index (Phi) is 4.47. The van der Waals surface area contributed by atoms with E-state index >= 15 is 0 Å². The first-order chi connectivity index (χ1) is 11.6. The van der Waals surface area contributed by atoms with Crippen molar-refractivity contribution in [3.05, 3.63) is 78.0 Å². The number of halogens is 1. The van der Waals surface area contributed by atoms with Crippen molar-refractivity contribution in [2.75, 3.05) is 10.6 Å². The predicted molar refractivity (Wildman–Crippen MR) is 90.8 cm³/mol. The summed E-state index contributed by atoms with van der Waals surface area (Å²) < 4.78 is 13.5. The molecule has 5 nitrogen and oxygen atoms in total. The zero-order valence-corrected chi connectivity index (χ0v) is 13.0. The Hall–Kier alpha value is -3.28. The summed E-state index contributed by atoms with van der Waals surface area (Å²) in [6.07, 6.45) is 2.80. The average molecular weight is 322 g/mol. The van der Waals surface area contributed by atoms with Crippen molar-refractivity contribution in [3.8, 4) is 0 Å². The number of nitrogens with one attached hydrogen (secondary N) is 2. The van der Waals surface area contributed by atoms with E-state index in [1.54, 1.807) is 12.1 Å². The Morgan fingerprint density at radius 1 is 1.04 bits per heavy atom. The first kappa shape index (κ1) is 15.6. The summed E-state index contributed by atoms with van der Waals surface area (Å²) in [5.41, 5.74) is 2.21. The van der Waals surface area contributed by atoms with Crippen molar-refractivity contribution in [2.24, 2.45) is 0 Å². The summed E-state index contributed by atoms with van der Waals surface area (Å²) in [7, 11) is 0. The second-order valence-electron chi connectivity index (χ2n) is 5.22. The van der Waals surface area contributed by atoms with Gasteiger partial charge in [0.2, 0.25) is 0 Å². The van der Waals surface area contributed by atoms with Crippen LogP contribution >= 0.6 is 0 Å². The topological polar surface area (TPSA) is 66.9 Å². The molecule has 3 aromatic rings. The molecular formula is C18H15FN4O. The number of rotatable bonds is 4. The van der Waals surface area contributed by atoms with Gasteiger partial charge in [0.15, 0.2) is 0 Å². The third-order valence-corrected chi connectivity index (χ3v) is 3.30. The van der Waals surface area contributed by atoms with Crippen LogP contribution in [-0.2, 0) is 0 Å². The number of amides is 1. The van der Waals surface area contributed by atoms with Crippen molar-refractivity contribution >= 4 is 23.1 Å². The van der Waals surface area contributed by atoms with Gasteiger partial charge in [0.1, 0.15) is 17.3 Å². The summed E-state index contributed by atoms with van der Waals surface area (Å²) in [5.74, 6) is -0.505. The zero-order chi connectivity index (χ0) is 16.9. The van der Waals surface area contributed by atoms with E-state index in [1.807, 2.05) is 31.2 Å². The van der Waals surface area contributed by atoms with Gasteiger partial charge in [-0.25, -0.2) is 14.4 Å². The van der Waals surface area contributed by atoms with Crippen molar-refractivity contribution in [3.63, 3.8) is 0 Å². The van der Waals surface area contributed by atoms with Gasteiger partial charge in [-0.05, 0) is 36.8 Å². The molecule has 24 heavy (non-hydrogen) atoms. The van der Waals surface area contributed by atoms with Crippen LogP contribution in [0.1, 0.15) is 16.1 Å². The highest BCUT2D eigenvalue weighted by Gasteiger charge is 2.11. The van der Waals surface area contributed by atoms with Crippen LogP contribution in [0.2, 0.25) is 0 Å². The van der Waals surface area contributed by atoms with Crippen LogP contribution in [0.4, 0.5) is 21.6 Å². The number of nitrogens with zero attached hydrogens (tertiary/aromatic N) is 2. The minimum atomic E-state index is -0.519. The summed E-state index contributed by atoms with van der Waals surface area (Å²) >= 11 is 0. The van der Waals surface area contributed by atoms with E-state index in [1.165, 1.54) is 24.5 Å². The van der Waals surface area contributed by atoms with Crippen molar-refractivity contribution in [1.82, 2.24) is 9.97 Å². The fraction of sp³-hybridized carbons (Fsp3) is 0.0556. The summed E-state index contributed by atoms with van der Waals surface area (Å²) in [4.78, 5) is 20.3. The number of benzene rings is 2. The molecule has 1 aromatic heterocycles. The minimum absolute atomic E-state index is 0.103. The van der Waals surface area contributed by atoms with Gasteiger partial charge in [-0.1, -0.05) is 24.3 Å². The standard InChI is InChI=1S/C18H15FN4O/c1-12-5-4-6-13(9-12)22-17-11-20-16(10-21-17)18(24)23-15-8-3-2-7-14(15)19/h2-11H,1H3,(H,21,22)(H,23,24). The van der Waals surface area contributed by atoms with Crippen LogP contribution in [0.15, 0.2) is 60.9 Å². The molecule has 0 radical (unpaired) electrons. The zero-order valence-electron chi connectivity index (χ0n) is 13.0. The normalized spacial score (nSPS) is 10.2. The lowest BCUT2D eigenvalue weighted by molar-refractivity contribution is 0.102. The van der Waals surface area contributed by atoms with E-state index in [2.05, 4.69) is 20.6 Å². The number of aromatic nitrogens is 2. The fourth-order valence-electron chi connectivity index (χ4n) is 2.13. The highest BCUT2D eigenvalue weighted by molar-refractivity contribution is 6.02. The summed E-state index contributed by atoms with van der Waals surface area (Å²) in [6.45, 7) is 1.99. The molecule has 0 spiro atoms. The summed E-state index contributed by atoms with van der Waals surface area (Å²) in [6, 6.07) is 13.8. The van der Waals surface area contributed by atoms with Crippen molar-refractivity contribution in [2.45, 2.75) is 6.92 Å². The van der Waals surface area contributed by atoms with Gasteiger partial charge in [0.25, 0.3) is 5.91 Å². The molecule has 0 fully saturated rings. The SMILES string of the molecule is Cc1cccc(Nc2cnc(C(=O)Nc3ccccc3F)cn2)c1. The Balaban J connectivity index is 1.70. The lowest BCUT2D eigenvalue weighted by Gasteiger charge is -2.08. The van der Waals surface area contributed by atoms with E-state index in [-0.39, 0.29) is 11.4 Å². The van der Waals surface area contributed by atoms with Crippen LogP contribution in [-0.4, -0.2) is 15.9 Å². The lowest BCUT2D eigenvalue weighted by Crippen LogP contribution is -2.15. The first-order valence-electron chi connectivity index (χ1n) is 7.33. The molecule has 0 unspecified atom stereocenters. The number of carbonyl (C=O) groups excluding carboxylic acids is 1. The van der Waals surface area contributed by atoms with Gasteiger partial charge in [-0.2, -0.15) is 0 Å². The maximum atomic E-state index is 13.5. The molecule has 0 aliphatic rings. The average Bonchev–Trinajstić information content (AvgIpc) is 2.57. The smallest absolute Gasteiger partial charge is 0.275 e. The van der Waals surface area contributed by atoms with Gasteiger partial charge < -0.3 is 10.6 Å². The maximum absolute atomic E-state index is 13.5. The second kappa shape index (κ2) is 6.87. The molecule has 2 N–H and O–H groups in total. The molecule has 120 valence electrons. The highest BCUT2D eigenvalue weighted by atomic mass is 19.1. The fourth-order valence-corrected chi connectivity index (χ4v) is 2.13. The van der Waals surface area contributed by atoms with Crippen molar-refractivity contribution < 1.29 is 9.18 Å². The van der Waals surface area contributed by atoms with E-state index in [4.69, 9.17) is 0 Å². The molecule has 2 aromatic carbocycles. The number of carbonyl (C=O) groups is 1. The number of hydrogen-bond donors (Lipinski definition) is 2. The molecule has 1 heterocycles. The van der Waals surface area contributed by atoms with Gasteiger partial charge >= 0.3 is 0 Å². The highest BCUT2D eigenvalue weighted by Crippen LogP contribution is 2.16. The van der Waals surface area contributed by atoms with Crippen LogP contribution in [0.3, 0.4) is 0 Å².